The molecule has 0 atom stereocenters. The highest BCUT2D eigenvalue weighted by molar-refractivity contribution is 6.29. The lowest BCUT2D eigenvalue weighted by molar-refractivity contribution is -0.137. The van der Waals surface area contributed by atoms with Gasteiger partial charge in [-0.25, -0.2) is 9.78 Å². The summed E-state index contributed by atoms with van der Waals surface area (Å²) in [7, 11) is 2.33. The van der Waals surface area contributed by atoms with Gasteiger partial charge in [-0.2, -0.15) is 13.2 Å². The average molecular weight is 269 g/mol. The van der Waals surface area contributed by atoms with Gasteiger partial charge in [0.1, 0.15) is 11.0 Å². The molecule has 0 saturated heterocycles. The number of aromatic nitrogens is 1. The lowest BCUT2D eigenvalue weighted by Crippen LogP contribution is -2.27. The van der Waals surface area contributed by atoms with Gasteiger partial charge in [0, 0.05) is 7.05 Å². The molecule has 0 aliphatic carbocycles. The first-order valence-electron chi connectivity index (χ1n) is 4.32. The Labute approximate surface area is 99.9 Å². The second kappa shape index (κ2) is 4.79. The number of amides is 1. The number of pyridine rings is 1. The number of carbonyl (C=O) groups excluding carboxylic acids is 1. The van der Waals surface area contributed by atoms with Gasteiger partial charge >= 0.3 is 12.3 Å². The van der Waals surface area contributed by atoms with Gasteiger partial charge in [0.25, 0.3) is 0 Å². The predicted molar refractivity (Wildman–Crippen MR) is 55.1 cm³/mol. The maximum atomic E-state index is 12.5. The van der Waals surface area contributed by atoms with Crippen LogP contribution in [0.4, 0.5) is 23.8 Å². The van der Waals surface area contributed by atoms with E-state index in [1.54, 1.807) is 0 Å². The van der Waals surface area contributed by atoms with Gasteiger partial charge in [-0.3, -0.25) is 4.90 Å². The number of nitrogens with zero attached hydrogens (tertiary/aromatic N) is 2. The first-order chi connectivity index (χ1) is 7.75. The summed E-state index contributed by atoms with van der Waals surface area (Å²) in [5, 5.41) is -0.356. The Hall–Kier alpha value is -1.50. The summed E-state index contributed by atoms with van der Waals surface area (Å²) >= 11 is 5.46. The van der Waals surface area contributed by atoms with Gasteiger partial charge < -0.3 is 4.74 Å². The Balaban J connectivity index is 3.18. The highest BCUT2D eigenvalue weighted by atomic mass is 35.5. The third-order valence-electron chi connectivity index (χ3n) is 1.90. The molecule has 94 valence electrons. The van der Waals surface area contributed by atoms with Crippen molar-refractivity contribution in [3.63, 3.8) is 0 Å². The second-order valence-electron chi connectivity index (χ2n) is 3.06. The van der Waals surface area contributed by atoms with Crippen LogP contribution in [0.5, 0.6) is 0 Å². The number of rotatable bonds is 1. The lowest BCUT2D eigenvalue weighted by Gasteiger charge is -2.16. The summed E-state index contributed by atoms with van der Waals surface area (Å²) in [6, 6.07) is 1.39. The fourth-order valence-corrected chi connectivity index (χ4v) is 1.25. The molecular weight excluding hydrogens is 261 g/mol. The van der Waals surface area contributed by atoms with Gasteiger partial charge in [0.05, 0.1) is 12.7 Å². The summed E-state index contributed by atoms with van der Waals surface area (Å²) in [6.07, 6.45) is -5.40. The standard InChI is InChI=1S/C9H8ClF3N2O2/c1-15(8(16)17-2)7-4-5(9(11,12)13)3-6(10)14-7/h3-4H,1-2H3. The van der Waals surface area contributed by atoms with E-state index in [0.29, 0.717) is 12.1 Å². The van der Waals surface area contributed by atoms with Crippen molar-refractivity contribution in [2.24, 2.45) is 0 Å². The molecule has 8 heteroatoms. The van der Waals surface area contributed by atoms with Crippen LogP contribution in [-0.4, -0.2) is 25.2 Å². The van der Waals surface area contributed by atoms with Gasteiger partial charge in [-0.1, -0.05) is 11.6 Å². The Bertz CT molecular complexity index is 437. The first-order valence-corrected chi connectivity index (χ1v) is 4.70. The van der Waals surface area contributed by atoms with E-state index in [4.69, 9.17) is 11.6 Å². The minimum Gasteiger partial charge on any atom is -0.452 e. The van der Waals surface area contributed by atoms with Crippen molar-refractivity contribution in [3.8, 4) is 0 Å². The van der Waals surface area contributed by atoms with Gasteiger partial charge in [0.2, 0.25) is 0 Å². The van der Waals surface area contributed by atoms with E-state index in [2.05, 4.69) is 9.72 Å². The number of anilines is 1. The van der Waals surface area contributed by atoms with E-state index in [9.17, 15) is 18.0 Å². The van der Waals surface area contributed by atoms with Crippen molar-refractivity contribution in [1.29, 1.82) is 0 Å². The maximum Gasteiger partial charge on any atom is 0.416 e. The van der Waals surface area contributed by atoms with Crippen LogP contribution in [0.25, 0.3) is 0 Å². The molecule has 0 saturated carbocycles. The molecule has 1 heterocycles. The normalized spacial score (nSPS) is 11.2. The van der Waals surface area contributed by atoms with Crippen LogP contribution < -0.4 is 4.90 Å². The Morgan fingerprint density at radius 1 is 1.47 bits per heavy atom. The zero-order valence-corrected chi connectivity index (χ0v) is 9.63. The molecule has 1 rings (SSSR count). The van der Waals surface area contributed by atoms with Crippen molar-refractivity contribution in [1.82, 2.24) is 4.98 Å². The number of halogens is 4. The molecule has 0 bridgehead atoms. The summed E-state index contributed by atoms with van der Waals surface area (Å²) < 4.78 is 41.8. The summed E-state index contributed by atoms with van der Waals surface area (Å²) in [6.45, 7) is 0. The Kier molecular flexibility index (Phi) is 3.82. The SMILES string of the molecule is COC(=O)N(C)c1cc(C(F)(F)F)cc(Cl)n1. The topological polar surface area (TPSA) is 42.4 Å². The van der Waals surface area contributed by atoms with Gasteiger partial charge in [-0.05, 0) is 12.1 Å². The molecule has 0 aliphatic rings. The zero-order valence-electron chi connectivity index (χ0n) is 8.88. The molecule has 0 radical (unpaired) electrons. The molecule has 17 heavy (non-hydrogen) atoms. The molecule has 1 aromatic rings. The van der Waals surface area contributed by atoms with E-state index >= 15 is 0 Å². The number of hydrogen-bond donors (Lipinski definition) is 0. The third kappa shape index (κ3) is 3.23. The minimum atomic E-state index is -4.56. The fourth-order valence-electron chi connectivity index (χ4n) is 1.05. The minimum absolute atomic E-state index is 0.239. The molecule has 1 amide bonds. The largest absolute Gasteiger partial charge is 0.452 e. The number of alkyl halides is 3. The van der Waals surface area contributed by atoms with Crippen LogP contribution in [0, 0.1) is 0 Å². The predicted octanol–water partition coefficient (Wildman–Crippen LogP) is 2.96. The van der Waals surface area contributed by atoms with Gasteiger partial charge in [0.15, 0.2) is 0 Å². The summed E-state index contributed by atoms with van der Waals surface area (Å²) in [4.78, 5) is 15.6. The molecule has 0 unspecified atom stereocenters. The molecule has 0 fully saturated rings. The molecular formula is C9H8ClF3N2O2. The summed E-state index contributed by atoms with van der Waals surface area (Å²) in [5.41, 5.74) is -0.983. The van der Waals surface area contributed by atoms with E-state index < -0.39 is 17.8 Å². The second-order valence-corrected chi connectivity index (χ2v) is 3.45. The van der Waals surface area contributed by atoms with E-state index in [0.717, 1.165) is 12.0 Å². The first kappa shape index (κ1) is 13.6. The highest BCUT2D eigenvalue weighted by Gasteiger charge is 2.32. The summed E-state index contributed by atoms with van der Waals surface area (Å²) in [5.74, 6) is -0.239. The van der Waals surface area contributed by atoms with Crippen LogP contribution in [0.1, 0.15) is 5.56 Å². The molecule has 4 nitrogen and oxygen atoms in total. The number of ether oxygens (including phenoxy) is 1. The zero-order chi connectivity index (χ0) is 13.2. The lowest BCUT2D eigenvalue weighted by atomic mass is 10.2. The van der Waals surface area contributed by atoms with Crippen LogP contribution >= 0.6 is 11.6 Å². The van der Waals surface area contributed by atoms with Crippen molar-refractivity contribution in [2.75, 3.05) is 19.1 Å². The smallest absolute Gasteiger partial charge is 0.416 e. The molecule has 0 spiro atoms. The van der Waals surface area contributed by atoms with Crippen molar-refractivity contribution in [3.05, 3.63) is 22.8 Å². The van der Waals surface area contributed by atoms with Gasteiger partial charge in [-0.15, -0.1) is 0 Å². The van der Waals surface area contributed by atoms with Crippen LogP contribution in [0.3, 0.4) is 0 Å². The Morgan fingerprint density at radius 2 is 2.06 bits per heavy atom. The number of carbonyl (C=O) groups is 1. The highest BCUT2D eigenvalue weighted by Crippen LogP contribution is 2.32. The van der Waals surface area contributed by atoms with Crippen LogP contribution in [0.15, 0.2) is 12.1 Å². The third-order valence-corrected chi connectivity index (χ3v) is 2.09. The van der Waals surface area contributed by atoms with Crippen molar-refractivity contribution < 1.29 is 22.7 Å². The van der Waals surface area contributed by atoms with E-state index in [1.807, 2.05) is 0 Å². The monoisotopic (exact) mass is 268 g/mol. The molecule has 1 aromatic heterocycles. The van der Waals surface area contributed by atoms with E-state index in [-0.39, 0.29) is 11.0 Å². The number of hydrogen-bond acceptors (Lipinski definition) is 3. The maximum absolute atomic E-state index is 12.5. The van der Waals surface area contributed by atoms with Crippen molar-refractivity contribution in [2.45, 2.75) is 6.18 Å². The van der Waals surface area contributed by atoms with E-state index in [1.165, 1.54) is 7.05 Å². The Morgan fingerprint density at radius 3 is 2.53 bits per heavy atom. The fraction of sp³-hybridized carbons (Fsp3) is 0.333. The number of methoxy groups -OCH3 is 1. The quantitative estimate of drug-likeness (QED) is 0.736. The molecule has 0 aliphatic heterocycles. The van der Waals surface area contributed by atoms with Crippen molar-refractivity contribution >= 4 is 23.5 Å². The molecule has 0 N–H and O–H groups in total. The van der Waals surface area contributed by atoms with Crippen LogP contribution in [0.2, 0.25) is 5.15 Å². The molecule has 0 aromatic carbocycles. The van der Waals surface area contributed by atoms with Crippen LogP contribution in [-0.2, 0) is 10.9 Å². The average Bonchev–Trinajstić information content (AvgIpc) is 2.25.